The molecule has 1 aliphatic rings. The van der Waals surface area contributed by atoms with E-state index in [0.29, 0.717) is 19.7 Å². The maximum Gasteiger partial charge on any atom is 0.360 e. The molecular formula is C7H17BN2O. The maximum atomic E-state index is 5.77. The quantitative estimate of drug-likeness (QED) is 0.554. The highest BCUT2D eigenvalue weighted by molar-refractivity contribution is 6.23. The Kier molecular flexibility index (Phi) is 3.90. The first-order valence-corrected chi connectivity index (χ1v) is 4.31. The van der Waals surface area contributed by atoms with Crippen LogP contribution in [0.15, 0.2) is 0 Å². The summed E-state index contributed by atoms with van der Waals surface area (Å²) in [5, 5.41) is 3.31. The lowest BCUT2D eigenvalue weighted by molar-refractivity contribution is 0.355. The molecule has 0 bridgehead atoms. The van der Waals surface area contributed by atoms with E-state index in [1.165, 1.54) is 12.8 Å². The lowest BCUT2D eigenvalue weighted by atomic mass is 9.90. The van der Waals surface area contributed by atoms with Crippen LogP contribution in [0.25, 0.3) is 0 Å². The first-order chi connectivity index (χ1) is 5.33. The fourth-order valence-corrected chi connectivity index (χ4v) is 1.52. The van der Waals surface area contributed by atoms with Crippen LogP contribution < -0.4 is 11.0 Å². The van der Waals surface area contributed by atoms with Crippen LogP contribution >= 0.6 is 0 Å². The van der Waals surface area contributed by atoms with E-state index in [1.807, 2.05) is 0 Å². The van der Waals surface area contributed by atoms with Crippen molar-refractivity contribution in [3.05, 3.63) is 0 Å². The van der Waals surface area contributed by atoms with Gasteiger partial charge in [-0.3, -0.25) is 0 Å². The highest BCUT2D eigenvalue weighted by atomic mass is 16.4. The molecular weight excluding hydrogens is 139 g/mol. The molecule has 0 radical (unpaired) electrons. The van der Waals surface area contributed by atoms with E-state index in [-0.39, 0.29) is 0 Å². The largest absolute Gasteiger partial charge is 0.427 e. The molecule has 64 valence electrons. The Morgan fingerprint density at radius 3 is 2.55 bits per heavy atom. The Hall–Kier alpha value is -0.0551. The van der Waals surface area contributed by atoms with Gasteiger partial charge in [0.2, 0.25) is 0 Å². The number of nitrogens with two attached hydrogens (primary N) is 1. The zero-order valence-corrected chi connectivity index (χ0v) is 7.18. The summed E-state index contributed by atoms with van der Waals surface area (Å²) in [6, 6.07) is 1.07. The van der Waals surface area contributed by atoms with Gasteiger partial charge < -0.3 is 15.6 Å². The van der Waals surface area contributed by atoms with Gasteiger partial charge >= 0.3 is 7.62 Å². The van der Waals surface area contributed by atoms with Gasteiger partial charge in [0.25, 0.3) is 0 Å². The normalized spacial score (nSPS) is 31.8. The third-order valence-electron chi connectivity index (χ3n) is 2.29. The summed E-state index contributed by atoms with van der Waals surface area (Å²) in [7, 11) is 2.38. The molecule has 1 fully saturated rings. The smallest absolute Gasteiger partial charge is 0.360 e. The molecule has 3 N–H and O–H groups in total. The molecule has 11 heavy (non-hydrogen) atoms. The van der Waals surface area contributed by atoms with E-state index in [1.54, 1.807) is 7.11 Å². The number of rotatable bonds is 3. The van der Waals surface area contributed by atoms with E-state index in [9.17, 15) is 0 Å². The fraction of sp³-hybridized carbons (Fsp3) is 1.00. The molecule has 0 saturated heterocycles. The minimum absolute atomic E-state index is 0.440. The Bertz CT molecular complexity index is 102. The van der Waals surface area contributed by atoms with Crippen LogP contribution in [0.2, 0.25) is 0 Å². The fourth-order valence-electron chi connectivity index (χ4n) is 1.52. The standard InChI is InChI=1S/C7H17BN2O/c1-11-8-10-7-4-2-6(9)3-5-7/h6-8,10H,2-5,9H2,1H3/t6-,7-. The van der Waals surface area contributed by atoms with E-state index >= 15 is 0 Å². The van der Waals surface area contributed by atoms with E-state index < -0.39 is 0 Å². The SMILES string of the molecule is COBN[C@H]1CC[C@H](N)CC1. The van der Waals surface area contributed by atoms with E-state index in [2.05, 4.69) is 5.23 Å². The zero-order valence-electron chi connectivity index (χ0n) is 7.18. The summed E-state index contributed by atoms with van der Waals surface area (Å²) in [6.45, 7) is 0. The van der Waals surface area contributed by atoms with Gasteiger partial charge in [0, 0.05) is 13.2 Å². The van der Waals surface area contributed by atoms with Gasteiger partial charge in [-0.2, -0.15) is 0 Å². The number of hydrogen-bond donors (Lipinski definition) is 2. The van der Waals surface area contributed by atoms with Crippen molar-refractivity contribution in [3.63, 3.8) is 0 Å². The van der Waals surface area contributed by atoms with Gasteiger partial charge in [0.05, 0.1) is 0 Å². The minimum Gasteiger partial charge on any atom is -0.427 e. The Labute approximate surface area is 69.0 Å². The molecule has 0 aromatic heterocycles. The average Bonchev–Trinajstić information content (AvgIpc) is 2.04. The molecule has 0 heterocycles. The molecule has 0 aromatic rings. The van der Waals surface area contributed by atoms with Crippen LogP contribution in [0.1, 0.15) is 25.7 Å². The summed E-state index contributed by atoms with van der Waals surface area (Å²) in [5.74, 6) is 0. The third kappa shape index (κ3) is 3.23. The van der Waals surface area contributed by atoms with Gasteiger partial charge in [-0.05, 0) is 31.7 Å². The highest BCUT2D eigenvalue weighted by Crippen LogP contribution is 2.16. The average molecular weight is 156 g/mol. The van der Waals surface area contributed by atoms with Crippen LogP contribution in [0.5, 0.6) is 0 Å². The lowest BCUT2D eigenvalue weighted by Crippen LogP contribution is -2.39. The van der Waals surface area contributed by atoms with Crippen molar-refractivity contribution in [1.82, 2.24) is 5.23 Å². The monoisotopic (exact) mass is 156 g/mol. The van der Waals surface area contributed by atoms with Crippen molar-refractivity contribution in [2.24, 2.45) is 5.73 Å². The van der Waals surface area contributed by atoms with Crippen molar-refractivity contribution in [2.75, 3.05) is 7.11 Å². The van der Waals surface area contributed by atoms with Gasteiger partial charge in [0.15, 0.2) is 0 Å². The van der Waals surface area contributed by atoms with E-state index in [4.69, 9.17) is 10.4 Å². The molecule has 0 aromatic carbocycles. The summed E-state index contributed by atoms with van der Waals surface area (Å²) in [5.41, 5.74) is 5.77. The molecule has 1 aliphatic carbocycles. The number of hydrogen-bond acceptors (Lipinski definition) is 3. The second-order valence-corrected chi connectivity index (χ2v) is 3.25. The molecule has 0 unspecified atom stereocenters. The van der Waals surface area contributed by atoms with Gasteiger partial charge in [-0.1, -0.05) is 0 Å². The van der Waals surface area contributed by atoms with Crippen molar-refractivity contribution >= 4 is 7.62 Å². The summed E-state index contributed by atoms with van der Waals surface area (Å²) in [6.07, 6.45) is 4.71. The van der Waals surface area contributed by atoms with Gasteiger partial charge in [-0.25, -0.2) is 0 Å². The van der Waals surface area contributed by atoms with Crippen LogP contribution in [0.3, 0.4) is 0 Å². The predicted molar refractivity (Wildman–Crippen MR) is 47.5 cm³/mol. The summed E-state index contributed by atoms with van der Waals surface area (Å²) < 4.78 is 4.93. The van der Waals surface area contributed by atoms with Crippen molar-refractivity contribution in [1.29, 1.82) is 0 Å². The first kappa shape index (κ1) is 9.04. The van der Waals surface area contributed by atoms with Crippen molar-refractivity contribution in [2.45, 2.75) is 37.8 Å². The topological polar surface area (TPSA) is 47.3 Å². The third-order valence-corrected chi connectivity index (χ3v) is 2.29. The van der Waals surface area contributed by atoms with Gasteiger partial charge in [0.1, 0.15) is 0 Å². The first-order valence-electron chi connectivity index (χ1n) is 4.31. The molecule has 3 nitrogen and oxygen atoms in total. The van der Waals surface area contributed by atoms with Crippen molar-refractivity contribution < 1.29 is 4.65 Å². The van der Waals surface area contributed by atoms with Crippen LogP contribution in [0, 0.1) is 0 Å². The second kappa shape index (κ2) is 4.75. The van der Waals surface area contributed by atoms with E-state index in [0.717, 1.165) is 12.8 Å². The highest BCUT2D eigenvalue weighted by Gasteiger charge is 2.17. The Balaban J connectivity index is 2.07. The number of nitrogens with one attached hydrogen (secondary N) is 1. The molecule has 0 aliphatic heterocycles. The molecule has 0 amide bonds. The van der Waals surface area contributed by atoms with Crippen LogP contribution in [-0.4, -0.2) is 26.8 Å². The van der Waals surface area contributed by atoms with Gasteiger partial charge in [-0.15, -0.1) is 0 Å². The minimum atomic E-state index is 0.440. The van der Waals surface area contributed by atoms with Crippen LogP contribution in [0.4, 0.5) is 0 Å². The predicted octanol–water partition coefficient (Wildman–Crippen LogP) is -0.241. The molecule has 1 rings (SSSR count). The molecule has 1 saturated carbocycles. The Morgan fingerprint density at radius 2 is 2.00 bits per heavy atom. The second-order valence-electron chi connectivity index (χ2n) is 3.25. The molecule has 4 heteroatoms. The van der Waals surface area contributed by atoms with Crippen LogP contribution in [-0.2, 0) is 4.65 Å². The zero-order chi connectivity index (χ0) is 8.10. The summed E-state index contributed by atoms with van der Waals surface area (Å²) >= 11 is 0. The summed E-state index contributed by atoms with van der Waals surface area (Å²) in [4.78, 5) is 0. The Morgan fingerprint density at radius 1 is 1.36 bits per heavy atom. The molecule has 0 atom stereocenters. The molecule has 0 spiro atoms. The maximum absolute atomic E-state index is 5.77. The lowest BCUT2D eigenvalue weighted by Gasteiger charge is -2.26. The van der Waals surface area contributed by atoms with Crippen molar-refractivity contribution in [3.8, 4) is 0 Å².